The predicted molar refractivity (Wildman–Crippen MR) is 149 cm³/mol. The summed E-state index contributed by atoms with van der Waals surface area (Å²) in [4.78, 5) is 39.3. The molecule has 2 N–H and O–H groups in total. The Bertz CT molecular complexity index is 1410. The average molecular weight is 566 g/mol. The monoisotopic (exact) mass is 565 g/mol. The van der Waals surface area contributed by atoms with Crippen molar-refractivity contribution in [3.8, 4) is 11.8 Å². The molecule has 0 radical (unpaired) electrons. The van der Waals surface area contributed by atoms with Gasteiger partial charge in [-0.2, -0.15) is 10.4 Å². The number of nitrogens with zero attached hydrogens (tertiary/aromatic N) is 3. The van der Waals surface area contributed by atoms with E-state index in [1.165, 1.54) is 35.2 Å². The van der Waals surface area contributed by atoms with Crippen molar-refractivity contribution in [3.63, 3.8) is 0 Å². The Labute approximate surface area is 237 Å². The van der Waals surface area contributed by atoms with Gasteiger partial charge in [0.2, 0.25) is 5.91 Å². The molecule has 0 bridgehead atoms. The number of hydrogen-bond donors (Lipinski definition) is 2. The number of hydrazone groups is 1. The van der Waals surface area contributed by atoms with E-state index >= 15 is 0 Å². The Morgan fingerprint density at radius 3 is 2.46 bits per heavy atom. The van der Waals surface area contributed by atoms with Crippen LogP contribution >= 0.6 is 0 Å². The number of amides is 2. The molecule has 1 saturated heterocycles. The molecule has 41 heavy (non-hydrogen) atoms. The van der Waals surface area contributed by atoms with Gasteiger partial charge in [-0.05, 0) is 82.0 Å². The van der Waals surface area contributed by atoms with Crippen LogP contribution in [0.1, 0.15) is 61.1 Å². The first-order chi connectivity index (χ1) is 19.4. The first-order valence-electron chi connectivity index (χ1n) is 13.0. The summed E-state index contributed by atoms with van der Waals surface area (Å²) in [5.74, 6) is -2.14. The molecule has 1 fully saturated rings. The van der Waals surface area contributed by atoms with Crippen LogP contribution in [0.2, 0.25) is 0 Å². The molecular weight excluding hydrogens is 532 g/mol. The Hall–Kier alpha value is -4.59. The van der Waals surface area contributed by atoms with Crippen molar-refractivity contribution in [3.05, 3.63) is 76.6 Å². The highest BCUT2D eigenvalue weighted by Gasteiger charge is 2.45. The summed E-state index contributed by atoms with van der Waals surface area (Å²) >= 11 is 0. The lowest BCUT2D eigenvalue weighted by atomic mass is 9.84. The van der Waals surface area contributed by atoms with Crippen LogP contribution in [0.15, 0.2) is 53.3 Å². The number of nitriles is 1. The molecule has 1 aliphatic heterocycles. The fraction of sp³-hybridized carbons (Fsp3) is 0.367. The first kappa shape index (κ1) is 30.9. The van der Waals surface area contributed by atoms with Crippen molar-refractivity contribution in [2.75, 3.05) is 13.6 Å². The molecule has 2 aromatic rings. The maximum atomic E-state index is 14.0. The topological polar surface area (TPSA) is 124 Å². The van der Waals surface area contributed by atoms with Crippen LogP contribution in [0.5, 0.6) is 5.75 Å². The number of aryl methyl sites for hydroxylation is 1. The molecule has 2 unspecified atom stereocenters. The van der Waals surface area contributed by atoms with Gasteiger partial charge in [0.25, 0.3) is 5.91 Å². The van der Waals surface area contributed by atoms with Crippen molar-refractivity contribution in [1.82, 2.24) is 15.6 Å². The molecular formula is C30H33F2N5O4. The number of carbonyl (C=O) groups is 3. The fourth-order valence-corrected chi connectivity index (χ4v) is 4.92. The summed E-state index contributed by atoms with van der Waals surface area (Å²) in [7, 11) is 1.63. The van der Waals surface area contributed by atoms with Crippen molar-refractivity contribution >= 4 is 23.8 Å². The molecule has 1 heterocycles. The van der Waals surface area contributed by atoms with Gasteiger partial charge in [-0.3, -0.25) is 14.4 Å². The molecule has 0 aliphatic carbocycles. The van der Waals surface area contributed by atoms with Crippen molar-refractivity contribution < 1.29 is 27.9 Å². The van der Waals surface area contributed by atoms with Gasteiger partial charge in [-0.25, -0.2) is 8.78 Å². The van der Waals surface area contributed by atoms with Crippen LogP contribution in [-0.2, 0) is 9.59 Å². The highest BCUT2D eigenvalue weighted by atomic mass is 19.1. The third kappa shape index (κ3) is 7.54. The van der Waals surface area contributed by atoms with Gasteiger partial charge in [-0.15, -0.1) is 0 Å². The van der Waals surface area contributed by atoms with E-state index in [0.717, 1.165) is 6.07 Å². The Kier molecular flexibility index (Phi) is 9.94. The number of rotatable bonds is 10. The number of nitrogens with one attached hydrogen (secondary N) is 2. The van der Waals surface area contributed by atoms with E-state index in [1.54, 1.807) is 40.8 Å². The van der Waals surface area contributed by atoms with Gasteiger partial charge < -0.3 is 20.4 Å². The van der Waals surface area contributed by atoms with Crippen molar-refractivity contribution in [1.29, 1.82) is 5.26 Å². The Morgan fingerprint density at radius 2 is 1.88 bits per heavy atom. The van der Waals surface area contributed by atoms with E-state index in [2.05, 4.69) is 21.9 Å². The van der Waals surface area contributed by atoms with E-state index in [-0.39, 0.29) is 17.9 Å². The summed E-state index contributed by atoms with van der Waals surface area (Å²) < 4.78 is 33.6. The fourth-order valence-electron chi connectivity index (χ4n) is 4.92. The molecule has 0 aromatic heterocycles. The van der Waals surface area contributed by atoms with Gasteiger partial charge in [0, 0.05) is 24.8 Å². The second kappa shape index (κ2) is 13.2. The summed E-state index contributed by atoms with van der Waals surface area (Å²) in [6.07, 6.45) is 2.88. The number of carbonyl (C=O) groups excluding carboxylic acids is 3. The van der Waals surface area contributed by atoms with E-state index in [4.69, 9.17) is 4.74 Å². The highest BCUT2D eigenvalue weighted by Crippen LogP contribution is 2.43. The van der Waals surface area contributed by atoms with E-state index < -0.39 is 40.9 Å². The third-order valence-corrected chi connectivity index (χ3v) is 6.88. The molecule has 216 valence electrons. The minimum Gasteiger partial charge on any atom is -0.454 e. The lowest BCUT2D eigenvalue weighted by Gasteiger charge is -2.36. The molecule has 1 aliphatic rings. The number of hydrogen-bond acceptors (Lipinski definition) is 7. The third-order valence-electron chi connectivity index (χ3n) is 6.88. The van der Waals surface area contributed by atoms with E-state index in [0.29, 0.717) is 41.7 Å². The van der Waals surface area contributed by atoms with Crippen LogP contribution in [0.3, 0.4) is 0 Å². The normalized spacial score (nSPS) is 17.6. The highest BCUT2D eigenvalue weighted by molar-refractivity contribution is 5.97. The van der Waals surface area contributed by atoms with E-state index in [1.807, 2.05) is 0 Å². The summed E-state index contributed by atoms with van der Waals surface area (Å²) in [6.45, 7) is 6.42. The average Bonchev–Trinajstić information content (AvgIpc) is 3.38. The quantitative estimate of drug-likeness (QED) is 0.145. The number of ether oxygens (including phenoxy) is 1. The largest absolute Gasteiger partial charge is 0.454 e. The molecule has 9 nitrogen and oxygen atoms in total. The Morgan fingerprint density at radius 1 is 1.20 bits per heavy atom. The van der Waals surface area contributed by atoms with Crippen LogP contribution in [0.4, 0.5) is 8.78 Å². The maximum Gasteiger partial charge on any atom is 0.251 e. The van der Waals surface area contributed by atoms with Crippen LogP contribution in [0, 0.1) is 35.3 Å². The van der Waals surface area contributed by atoms with Crippen LogP contribution in [0.25, 0.3) is 0 Å². The van der Waals surface area contributed by atoms with Gasteiger partial charge >= 0.3 is 0 Å². The Balaban J connectivity index is 1.77. The first-order valence-corrected chi connectivity index (χ1v) is 13.0. The number of allylic oxidation sites excluding steroid dienone is 2. The van der Waals surface area contributed by atoms with Crippen molar-refractivity contribution in [2.45, 2.75) is 52.6 Å². The molecule has 11 heteroatoms. The molecule has 2 amide bonds. The molecule has 3 rings (SSSR count). The maximum absolute atomic E-state index is 14.0. The zero-order valence-corrected chi connectivity index (χ0v) is 23.6. The van der Waals surface area contributed by atoms with Crippen LogP contribution < -0.4 is 15.5 Å². The number of halogens is 2. The van der Waals surface area contributed by atoms with Crippen molar-refractivity contribution in [2.24, 2.45) is 10.5 Å². The lowest BCUT2D eigenvalue weighted by molar-refractivity contribution is -0.134. The van der Waals surface area contributed by atoms with E-state index in [9.17, 15) is 28.4 Å². The minimum absolute atomic E-state index is 0.0283. The zero-order chi connectivity index (χ0) is 30.3. The van der Waals surface area contributed by atoms with Gasteiger partial charge in [0.15, 0.2) is 12.0 Å². The van der Waals surface area contributed by atoms with Gasteiger partial charge in [-0.1, -0.05) is 0 Å². The summed E-state index contributed by atoms with van der Waals surface area (Å²) in [6, 6.07) is 8.76. The van der Waals surface area contributed by atoms with Crippen LogP contribution in [-0.4, -0.2) is 48.3 Å². The standard InChI is InChI=1S/C30H33F2N5O4/c1-18-10-20(6-8-26(18)41-24(16-38)11-19(2)36-34-5)29(40)35-15-28(39)37-25(7-9-27(37)30(3,4)17-33)21-12-22(31)14-23(32)13-21/h6,8,10-14,16,25,27,34H,7,9,15H2,1-5H3,(H,35,40)/b24-11+,36-19-. The molecule has 2 atom stereocenters. The number of aldehydes is 1. The zero-order valence-electron chi connectivity index (χ0n) is 23.6. The second-order valence-electron chi connectivity index (χ2n) is 10.4. The number of benzene rings is 2. The molecule has 2 aromatic carbocycles. The van der Waals surface area contributed by atoms with Gasteiger partial charge in [0.05, 0.1) is 35.8 Å². The minimum atomic E-state index is -0.931. The van der Waals surface area contributed by atoms with Gasteiger partial charge in [0.1, 0.15) is 17.4 Å². The lowest BCUT2D eigenvalue weighted by Crippen LogP contribution is -2.48. The summed E-state index contributed by atoms with van der Waals surface area (Å²) in [5, 5.41) is 16.3. The molecule has 0 spiro atoms. The smallest absolute Gasteiger partial charge is 0.251 e. The number of likely N-dealkylation sites (tertiary alicyclic amines) is 1. The predicted octanol–water partition coefficient (Wildman–Crippen LogP) is 4.34. The molecule has 0 saturated carbocycles. The summed E-state index contributed by atoms with van der Waals surface area (Å²) in [5.41, 5.74) is 3.33. The SMILES string of the molecule is CN/N=C(C)\C=C(/C=O)Oc1ccc(C(=O)NCC(=O)N2C(c3cc(F)cc(F)c3)CCC2C(C)(C)C#N)cc1C. The second-order valence-corrected chi connectivity index (χ2v) is 10.4.